The number of anilines is 1. The van der Waals surface area contributed by atoms with Crippen molar-refractivity contribution in [3.63, 3.8) is 0 Å². The van der Waals surface area contributed by atoms with Gasteiger partial charge in [-0.15, -0.1) is 0 Å². The molecule has 0 saturated heterocycles. The van der Waals surface area contributed by atoms with Crippen LogP contribution in [0, 0.1) is 0 Å². The summed E-state index contributed by atoms with van der Waals surface area (Å²) >= 11 is 5.87. The number of carbonyl (C=O) groups is 2. The highest BCUT2D eigenvalue weighted by molar-refractivity contribution is 6.31. The molecule has 0 aliphatic heterocycles. The predicted octanol–water partition coefficient (Wildman–Crippen LogP) is 3.80. The van der Waals surface area contributed by atoms with Gasteiger partial charge in [-0.1, -0.05) is 17.7 Å². The third-order valence-corrected chi connectivity index (χ3v) is 3.01. The average molecular weight is 304 g/mol. The maximum atomic E-state index is 12.2. The fourth-order valence-corrected chi connectivity index (χ4v) is 2.01. The highest BCUT2D eigenvalue weighted by atomic mass is 35.5. The molecule has 0 spiro atoms. The van der Waals surface area contributed by atoms with E-state index in [1.807, 2.05) is 6.92 Å². The van der Waals surface area contributed by atoms with Gasteiger partial charge in [0.2, 0.25) is 0 Å². The average Bonchev–Trinajstić information content (AvgIpc) is 2.49. The van der Waals surface area contributed by atoms with E-state index in [9.17, 15) is 9.59 Å². The van der Waals surface area contributed by atoms with Gasteiger partial charge < -0.3 is 10.1 Å². The van der Waals surface area contributed by atoms with Gasteiger partial charge in [-0.25, -0.2) is 0 Å². The van der Waals surface area contributed by atoms with Crippen LogP contribution in [0.15, 0.2) is 42.5 Å². The third-order valence-electron chi connectivity index (χ3n) is 2.77. The minimum Gasteiger partial charge on any atom is -0.492 e. The summed E-state index contributed by atoms with van der Waals surface area (Å²) in [5, 5.41) is 3.21. The van der Waals surface area contributed by atoms with E-state index in [0.717, 1.165) is 0 Å². The number of benzene rings is 2. The summed E-state index contributed by atoms with van der Waals surface area (Å²) in [6.07, 6.45) is 0.713. The summed E-state index contributed by atoms with van der Waals surface area (Å²) < 4.78 is 5.44. The summed E-state index contributed by atoms with van der Waals surface area (Å²) in [5.74, 6) is 0.194. The number of halogens is 1. The molecule has 0 aliphatic rings. The van der Waals surface area contributed by atoms with Crippen molar-refractivity contribution in [2.24, 2.45) is 0 Å². The van der Waals surface area contributed by atoms with E-state index in [0.29, 0.717) is 40.5 Å². The number of ether oxygens (including phenoxy) is 1. The molecule has 0 saturated carbocycles. The number of hydrogen-bond donors (Lipinski definition) is 1. The molecule has 0 heterocycles. The maximum absolute atomic E-state index is 12.2. The van der Waals surface area contributed by atoms with Crippen molar-refractivity contribution in [3.05, 3.63) is 58.6 Å². The lowest BCUT2D eigenvalue weighted by Crippen LogP contribution is -2.13. The molecule has 2 rings (SSSR count). The standard InChI is InChI=1S/C16H14ClNO3/c1-2-21-15-7-6-11(10-19)8-14(15)18-16(20)12-4-3-5-13(17)9-12/h3-10H,2H2,1H3,(H,18,20). The number of nitrogens with one attached hydrogen (secondary N) is 1. The summed E-state index contributed by atoms with van der Waals surface area (Å²) in [4.78, 5) is 23.1. The molecule has 0 aliphatic carbocycles. The van der Waals surface area contributed by atoms with E-state index in [2.05, 4.69) is 5.32 Å². The Kier molecular flexibility index (Phi) is 4.95. The molecule has 21 heavy (non-hydrogen) atoms. The molecule has 4 nitrogen and oxygen atoms in total. The topological polar surface area (TPSA) is 55.4 Å². The van der Waals surface area contributed by atoms with E-state index in [4.69, 9.17) is 16.3 Å². The molecule has 0 bridgehead atoms. The van der Waals surface area contributed by atoms with E-state index in [1.54, 1.807) is 42.5 Å². The number of rotatable bonds is 5. The molecule has 1 amide bonds. The Morgan fingerprint density at radius 3 is 2.76 bits per heavy atom. The van der Waals surface area contributed by atoms with Crippen LogP contribution in [0.5, 0.6) is 5.75 Å². The first-order valence-corrected chi connectivity index (χ1v) is 6.80. The monoisotopic (exact) mass is 303 g/mol. The third kappa shape index (κ3) is 3.83. The maximum Gasteiger partial charge on any atom is 0.255 e. The second-order valence-electron chi connectivity index (χ2n) is 4.27. The molecule has 0 fully saturated rings. The van der Waals surface area contributed by atoms with Gasteiger partial charge in [0, 0.05) is 16.1 Å². The van der Waals surface area contributed by atoms with Gasteiger partial charge in [-0.3, -0.25) is 9.59 Å². The zero-order chi connectivity index (χ0) is 15.2. The van der Waals surface area contributed by atoms with E-state index >= 15 is 0 Å². The van der Waals surface area contributed by atoms with Crippen molar-refractivity contribution in [1.29, 1.82) is 0 Å². The van der Waals surface area contributed by atoms with Crippen LogP contribution in [-0.2, 0) is 0 Å². The summed E-state index contributed by atoms with van der Waals surface area (Å²) in [5.41, 5.74) is 1.34. The summed E-state index contributed by atoms with van der Waals surface area (Å²) in [6, 6.07) is 11.5. The molecule has 0 aromatic heterocycles. The van der Waals surface area contributed by atoms with Gasteiger partial charge >= 0.3 is 0 Å². The smallest absolute Gasteiger partial charge is 0.255 e. The fraction of sp³-hybridized carbons (Fsp3) is 0.125. The molecule has 0 radical (unpaired) electrons. The van der Waals surface area contributed by atoms with Gasteiger partial charge in [-0.05, 0) is 43.3 Å². The lowest BCUT2D eigenvalue weighted by atomic mass is 10.1. The molecule has 5 heteroatoms. The van der Waals surface area contributed by atoms with Gasteiger partial charge in [0.05, 0.1) is 12.3 Å². The second-order valence-corrected chi connectivity index (χ2v) is 4.71. The zero-order valence-corrected chi connectivity index (χ0v) is 12.2. The zero-order valence-electron chi connectivity index (χ0n) is 11.4. The van der Waals surface area contributed by atoms with Crippen molar-refractivity contribution in [1.82, 2.24) is 0 Å². The highest BCUT2D eigenvalue weighted by Crippen LogP contribution is 2.26. The minimum atomic E-state index is -0.318. The Morgan fingerprint density at radius 1 is 1.29 bits per heavy atom. The first kappa shape index (κ1) is 15.1. The SMILES string of the molecule is CCOc1ccc(C=O)cc1NC(=O)c1cccc(Cl)c1. The van der Waals surface area contributed by atoms with E-state index < -0.39 is 0 Å². The predicted molar refractivity (Wildman–Crippen MR) is 82.4 cm³/mol. The normalized spacial score (nSPS) is 10.0. The minimum absolute atomic E-state index is 0.318. The number of aldehydes is 1. The van der Waals surface area contributed by atoms with Crippen LogP contribution in [0.2, 0.25) is 5.02 Å². The van der Waals surface area contributed by atoms with Crippen LogP contribution in [0.4, 0.5) is 5.69 Å². The van der Waals surface area contributed by atoms with E-state index in [1.165, 1.54) is 0 Å². The van der Waals surface area contributed by atoms with Crippen molar-refractivity contribution in [3.8, 4) is 5.75 Å². The second kappa shape index (κ2) is 6.90. The van der Waals surface area contributed by atoms with Crippen molar-refractivity contribution >= 4 is 29.5 Å². The molecule has 0 atom stereocenters. The first-order chi connectivity index (χ1) is 10.1. The summed E-state index contributed by atoms with van der Waals surface area (Å²) in [6.45, 7) is 2.30. The quantitative estimate of drug-likeness (QED) is 0.855. The lowest BCUT2D eigenvalue weighted by molar-refractivity contribution is 0.102. The number of amides is 1. The van der Waals surface area contributed by atoms with Crippen molar-refractivity contribution in [2.75, 3.05) is 11.9 Å². The van der Waals surface area contributed by atoms with Crippen LogP contribution in [-0.4, -0.2) is 18.8 Å². The molecule has 2 aromatic rings. The molecule has 108 valence electrons. The molecular weight excluding hydrogens is 290 g/mol. The molecule has 2 aromatic carbocycles. The van der Waals surface area contributed by atoms with Gasteiger partial charge in [0.1, 0.15) is 12.0 Å². The van der Waals surface area contributed by atoms with Crippen LogP contribution in [0.3, 0.4) is 0 Å². The summed E-state index contributed by atoms with van der Waals surface area (Å²) in [7, 11) is 0. The molecule has 1 N–H and O–H groups in total. The first-order valence-electron chi connectivity index (χ1n) is 6.43. The van der Waals surface area contributed by atoms with E-state index in [-0.39, 0.29) is 5.91 Å². The Labute approximate surface area is 127 Å². The highest BCUT2D eigenvalue weighted by Gasteiger charge is 2.11. The fourth-order valence-electron chi connectivity index (χ4n) is 1.82. The van der Waals surface area contributed by atoms with Crippen LogP contribution < -0.4 is 10.1 Å². The van der Waals surface area contributed by atoms with Crippen molar-refractivity contribution < 1.29 is 14.3 Å². The van der Waals surface area contributed by atoms with Gasteiger partial charge in [0.25, 0.3) is 5.91 Å². The van der Waals surface area contributed by atoms with Crippen LogP contribution in [0.25, 0.3) is 0 Å². The van der Waals surface area contributed by atoms with Gasteiger partial charge in [0.15, 0.2) is 0 Å². The van der Waals surface area contributed by atoms with Crippen LogP contribution in [0.1, 0.15) is 27.6 Å². The Morgan fingerprint density at radius 2 is 2.10 bits per heavy atom. The Hall–Kier alpha value is -2.33. The Balaban J connectivity index is 2.28. The molecular formula is C16H14ClNO3. The molecule has 0 unspecified atom stereocenters. The van der Waals surface area contributed by atoms with Crippen molar-refractivity contribution in [2.45, 2.75) is 6.92 Å². The number of carbonyl (C=O) groups excluding carboxylic acids is 2. The number of hydrogen-bond acceptors (Lipinski definition) is 3. The lowest BCUT2D eigenvalue weighted by Gasteiger charge is -2.12. The largest absolute Gasteiger partial charge is 0.492 e. The van der Waals surface area contributed by atoms with Crippen LogP contribution >= 0.6 is 11.6 Å². The van der Waals surface area contributed by atoms with Gasteiger partial charge in [-0.2, -0.15) is 0 Å². The Bertz CT molecular complexity index is 670.